The zero-order valence-electron chi connectivity index (χ0n) is 10.0. The minimum absolute atomic E-state index is 0.195. The molecule has 0 radical (unpaired) electrons. The lowest BCUT2D eigenvalue weighted by Gasteiger charge is -2.15. The van der Waals surface area contributed by atoms with Gasteiger partial charge in [0.1, 0.15) is 5.82 Å². The topological polar surface area (TPSA) is 43.8 Å². The van der Waals surface area contributed by atoms with E-state index < -0.39 is 0 Å². The summed E-state index contributed by atoms with van der Waals surface area (Å²) in [7, 11) is 0. The average Bonchev–Trinajstić information content (AvgIpc) is 2.79. The Hall–Kier alpha value is -1.13. The quantitative estimate of drug-likeness (QED) is 0.945. The van der Waals surface area contributed by atoms with Crippen LogP contribution in [0, 0.1) is 6.92 Å². The van der Waals surface area contributed by atoms with Crippen molar-refractivity contribution in [2.24, 2.45) is 5.73 Å². The summed E-state index contributed by atoms with van der Waals surface area (Å²) in [5, 5.41) is 0. The number of nitrogens with zero attached hydrogens (tertiary/aromatic N) is 2. The SMILES string of the molecule is CCn1ccnc1C(N)c1cc(C)ccc1Br. The third kappa shape index (κ3) is 2.42. The lowest BCUT2D eigenvalue weighted by atomic mass is 10.0. The second-order valence-electron chi connectivity index (χ2n) is 4.07. The summed E-state index contributed by atoms with van der Waals surface area (Å²) in [5.74, 6) is 0.902. The molecule has 2 N–H and O–H groups in total. The van der Waals surface area contributed by atoms with Gasteiger partial charge in [0.2, 0.25) is 0 Å². The van der Waals surface area contributed by atoms with E-state index in [4.69, 9.17) is 5.73 Å². The van der Waals surface area contributed by atoms with E-state index in [1.165, 1.54) is 5.56 Å². The first-order valence-corrected chi connectivity index (χ1v) is 6.45. The Morgan fingerprint density at radius 2 is 2.24 bits per heavy atom. The number of benzene rings is 1. The number of imidazole rings is 1. The highest BCUT2D eigenvalue weighted by Gasteiger charge is 2.16. The number of hydrogen-bond acceptors (Lipinski definition) is 2. The van der Waals surface area contributed by atoms with Gasteiger partial charge >= 0.3 is 0 Å². The van der Waals surface area contributed by atoms with Crippen LogP contribution in [0.1, 0.15) is 29.9 Å². The second-order valence-corrected chi connectivity index (χ2v) is 4.93. The number of aromatic nitrogens is 2. The van der Waals surface area contributed by atoms with Crippen molar-refractivity contribution < 1.29 is 0 Å². The van der Waals surface area contributed by atoms with Gasteiger partial charge in [0.25, 0.3) is 0 Å². The zero-order valence-corrected chi connectivity index (χ0v) is 11.6. The van der Waals surface area contributed by atoms with Crippen LogP contribution >= 0.6 is 15.9 Å². The van der Waals surface area contributed by atoms with E-state index in [9.17, 15) is 0 Å². The van der Waals surface area contributed by atoms with Crippen LogP contribution in [0.15, 0.2) is 35.1 Å². The monoisotopic (exact) mass is 293 g/mol. The molecular formula is C13H16BrN3. The summed E-state index contributed by atoms with van der Waals surface area (Å²) in [6.45, 7) is 5.03. The summed E-state index contributed by atoms with van der Waals surface area (Å²) < 4.78 is 3.10. The van der Waals surface area contributed by atoms with Gasteiger partial charge in [-0.15, -0.1) is 0 Å². The fourth-order valence-electron chi connectivity index (χ4n) is 1.91. The third-order valence-electron chi connectivity index (χ3n) is 2.85. The second kappa shape index (κ2) is 5.02. The molecule has 0 bridgehead atoms. The van der Waals surface area contributed by atoms with Crippen molar-refractivity contribution in [3.05, 3.63) is 52.0 Å². The molecule has 1 heterocycles. The average molecular weight is 294 g/mol. The molecule has 2 aromatic rings. The maximum absolute atomic E-state index is 6.29. The molecule has 0 aliphatic heterocycles. The molecule has 1 unspecified atom stereocenters. The molecule has 1 aromatic carbocycles. The summed E-state index contributed by atoms with van der Waals surface area (Å²) in [6.07, 6.45) is 3.75. The van der Waals surface area contributed by atoms with Crippen molar-refractivity contribution in [1.29, 1.82) is 0 Å². The van der Waals surface area contributed by atoms with Gasteiger partial charge in [-0.25, -0.2) is 4.98 Å². The third-order valence-corrected chi connectivity index (χ3v) is 3.58. The first-order valence-electron chi connectivity index (χ1n) is 5.66. The Morgan fingerprint density at radius 1 is 1.47 bits per heavy atom. The summed E-state index contributed by atoms with van der Waals surface area (Å²) in [4.78, 5) is 4.35. The van der Waals surface area contributed by atoms with Gasteiger partial charge in [0.05, 0.1) is 6.04 Å². The molecule has 90 valence electrons. The predicted molar refractivity (Wildman–Crippen MR) is 72.8 cm³/mol. The van der Waals surface area contributed by atoms with Crippen molar-refractivity contribution in [3.8, 4) is 0 Å². The summed E-state index contributed by atoms with van der Waals surface area (Å²) in [5.41, 5.74) is 8.57. The van der Waals surface area contributed by atoms with Crippen LogP contribution in [0.2, 0.25) is 0 Å². The van der Waals surface area contributed by atoms with Gasteiger partial charge in [-0.2, -0.15) is 0 Å². The van der Waals surface area contributed by atoms with Crippen molar-refractivity contribution in [1.82, 2.24) is 9.55 Å². The van der Waals surface area contributed by atoms with E-state index in [2.05, 4.69) is 51.5 Å². The van der Waals surface area contributed by atoms with Crippen LogP contribution < -0.4 is 5.73 Å². The van der Waals surface area contributed by atoms with Gasteiger partial charge < -0.3 is 10.3 Å². The maximum atomic E-state index is 6.29. The Kier molecular flexibility index (Phi) is 3.64. The van der Waals surface area contributed by atoms with Gasteiger partial charge in [0, 0.05) is 23.4 Å². The van der Waals surface area contributed by atoms with Crippen LogP contribution in [-0.4, -0.2) is 9.55 Å². The number of hydrogen-bond donors (Lipinski definition) is 1. The largest absolute Gasteiger partial charge is 0.334 e. The van der Waals surface area contributed by atoms with E-state index in [1.54, 1.807) is 6.20 Å². The van der Waals surface area contributed by atoms with E-state index in [0.717, 1.165) is 22.4 Å². The molecular weight excluding hydrogens is 278 g/mol. The molecule has 17 heavy (non-hydrogen) atoms. The number of aryl methyl sites for hydroxylation is 2. The normalized spacial score (nSPS) is 12.7. The number of halogens is 1. The number of rotatable bonds is 3. The fraction of sp³-hybridized carbons (Fsp3) is 0.308. The van der Waals surface area contributed by atoms with Crippen molar-refractivity contribution in [2.75, 3.05) is 0 Å². The summed E-state index contributed by atoms with van der Waals surface area (Å²) in [6, 6.07) is 6.00. The van der Waals surface area contributed by atoms with E-state index in [1.807, 2.05) is 12.3 Å². The molecule has 0 saturated carbocycles. The Bertz CT molecular complexity index is 519. The van der Waals surface area contributed by atoms with Gasteiger partial charge in [0.15, 0.2) is 0 Å². The van der Waals surface area contributed by atoms with Crippen LogP contribution in [0.25, 0.3) is 0 Å². The summed E-state index contributed by atoms with van der Waals surface area (Å²) >= 11 is 3.55. The smallest absolute Gasteiger partial charge is 0.130 e. The standard InChI is InChI=1S/C13H16BrN3/c1-3-17-7-6-16-13(17)12(15)10-8-9(2)4-5-11(10)14/h4-8,12H,3,15H2,1-2H3. The first kappa shape index (κ1) is 12.3. The Balaban J connectivity index is 2.43. The number of nitrogens with two attached hydrogens (primary N) is 1. The predicted octanol–water partition coefficient (Wildman–Crippen LogP) is 3.02. The molecule has 0 saturated heterocycles. The minimum atomic E-state index is -0.195. The molecule has 0 amide bonds. The Labute approximate surface area is 110 Å². The van der Waals surface area contributed by atoms with E-state index in [0.29, 0.717) is 0 Å². The molecule has 0 aliphatic carbocycles. The van der Waals surface area contributed by atoms with Crippen molar-refractivity contribution in [3.63, 3.8) is 0 Å². The molecule has 0 aliphatic rings. The first-order chi connectivity index (χ1) is 8.13. The highest BCUT2D eigenvalue weighted by molar-refractivity contribution is 9.10. The maximum Gasteiger partial charge on any atom is 0.130 e. The lowest BCUT2D eigenvalue weighted by Crippen LogP contribution is -2.18. The zero-order chi connectivity index (χ0) is 12.4. The molecule has 4 heteroatoms. The minimum Gasteiger partial charge on any atom is -0.334 e. The van der Waals surface area contributed by atoms with Crippen LogP contribution in [-0.2, 0) is 6.54 Å². The molecule has 1 atom stereocenters. The molecule has 0 fully saturated rings. The van der Waals surface area contributed by atoms with Crippen LogP contribution in [0.3, 0.4) is 0 Å². The van der Waals surface area contributed by atoms with Gasteiger partial charge in [-0.1, -0.05) is 33.6 Å². The van der Waals surface area contributed by atoms with Gasteiger partial charge in [-0.3, -0.25) is 0 Å². The highest BCUT2D eigenvalue weighted by atomic mass is 79.9. The van der Waals surface area contributed by atoms with E-state index >= 15 is 0 Å². The molecule has 0 spiro atoms. The highest BCUT2D eigenvalue weighted by Crippen LogP contribution is 2.27. The molecule has 3 nitrogen and oxygen atoms in total. The molecule has 2 rings (SSSR count). The van der Waals surface area contributed by atoms with Crippen molar-refractivity contribution in [2.45, 2.75) is 26.4 Å². The Morgan fingerprint density at radius 3 is 2.94 bits per heavy atom. The van der Waals surface area contributed by atoms with E-state index in [-0.39, 0.29) is 6.04 Å². The van der Waals surface area contributed by atoms with Crippen LogP contribution in [0.4, 0.5) is 0 Å². The molecule has 1 aromatic heterocycles. The van der Waals surface area contributed by atoms with Gasteiger partial charge in [-0.05, 0) is 25.5 Å². The fourth-order valence-corrected chi connectivity index (χ4v) is 2.40. The van der Waals surface area contributed by atoms with Crippen molar-refractivity contribution >= 4 is 15.9 Å². The lowest BCUT2D eigenvalue weighted by molar-refractivity contribution is 0.655. The van der Waals surface area contributed by atoms with Crippen LogP contribution in [0.5, 0.6) is 0 Å².